The van der Waals surface area contributed by atoms with Crippen LogP contribution in [0.25, 0.3) is 0 Å². The first kappa shape index (κ1) is 20.5. The Hall–Kier alpha value is -1.40. The first-order chi connectivity index (χ1) is 14.2. The van der Waals surface area contributed by atoms with Crippen LogP contribution in [0.3, 0.4) is 0 Å². The van der Waals surface area contributed by atoms with E-state index in [0.717, 1.165) is 48.1 Å². The van der Waals surface area contributed by atoms with Gasteiger partial charge in [0.2, 0.25) is 15.9 Å². The van der Waals surface area contributed by atoms with Crippen molar-refractivity contribution in [1.29, 1.82) is 0 Å². The SMILES string of the molecule is Cc1ccc(C)c(S(=O)(=O)N2CCC(NC(=O)C34CC5CC(CC(C5)C3)C4)CC2)c1. The van der Waals surface area contributed by atoms with Crippen LogP contribution in [-0.4, -0.2) is 37.8 Å². The molecule has 1 aromatic carbocycles. The highest BCUT2D eigenvalue weighted by Crippen LogP contribution is 2.60. The van der Waals surface area contributed by atoms with Crippen molar-refractivity contribution in [3.8, 4) is 0 Å². The summed E-state index contributed by atoms with van der Waals surface area (Å²) >= 11 is 0. The van der Waals surface area contributed by atoms with Gasteiger partial charge in [-0.05, 0) is 100 Å². The maximum Gasteiger partial charge on any atom is 0.243 e. The minimum atomic E-state index is -3.48. The summed E-state index contributed by atoms with van der Waals surface area (Å²) in [7, 11) is -3.48. The Bertz CT molecular complexity index is 912. The second kappa shape index (κ2) is 7.33. The zero-order valence-electron chi connectivity index (χ0n) is 18.2. The molecule has 1 heterocycles. The summed E-state index contributed by atoms with van der Waals surface area (Å²) in [5, 5.41) is 3.35. The Morgan fingerprint density at radius 2 is 1.57 bits per heavy atom. The average molecular weight is 431 g/mol. The van der Waals surface area contributed by atoms with Crippen LogP contribution in [0.4, 0.5) is 0 Å². The van der Waals surface area contributed by atoms with Crippen LogP contribution >= 0.6 is 0 Å². The topological polar surface area (TPSA) is 66.5 Å². The van der Waals surface area contributed by atoms with Crippen molar-refractivity contribution in [1.82, 2.24) is 9.62 Å². The summed E-state index contributed by atoms with van der Waals surface area (Å²) in [4.78, 5) is 13.7. The van der Waals surface area contributed by atoms with Gasteiger partial charge in [0.15, 0.2) is 0 Å². The molecule has 1 aliphatic heterocycles. The maximum atomic E-state index is 13.3. The van der Waals surface area contributed by atoms with Crippen LogP contribution in [0.5, 0.6) is 0 Å². The van der Waals surface area contributed by atoms with Crippen LogP contribution in [0.2, 0.25) is 0 Å². The minimum Gasteiger partial charge on any atom is -0.353 e. The highest BCUT2D eigenvalue weighted by molar-refractivity contribution is 7.89. The van der Waals surface area contributed by atoms with Gasteiger partial charge in [-0.2, -0.15) is 4.31 Å². The van der Waals surface area contributed by atoms with E-state index in [-0.39, 0.29) is 17.4 Å². The lowest BCUT2D eigenvalue weighted by Gasteiger charge is -2.56. The van der Waals surface area contributed by atoms with Gasteiger partial charge >= 0.3 is 0 Å². The van der Waals surface area contributed by atoms with Crippen molar-refractivity contribution in [2.24, 2.45) is 23.2 Å². The van der Waals surface area contributed by atoms with Gasteiger partial charge in [0.25, 0.3) is 0 Å². The molecule has 0 aromatic heterocycles. The molecule has 1 saturated heterocycles. The molecule has 5 fully saturated rings. The highest BCUT2D eigenvalue weighted by atomic mass is 32.2. The molecule has 4 bridgehead atoms. The third-order valence-corrected chi connectivity index (χ3v) is 10.3. The van der Waals surface area contributed by atoms with E-state index < -0.39 is 10.0 Å². The third-order valence-electron chi connectivity index (χ3n) is 8.27. The van der Waals surface area contributed by atoms with E-state index >= 15 is 0 Å². The minimum absolute atomic E-state index is 0.0931. The van der Waals surface area contributed by atoms with Crippen LogP contribution in [0.1, 0.15) is 62.5 Å². The molecular formula is C24H34N2O3S. The number of amides is 1. The van der Waals surface area contributed by atoms with Gasteiger partial charge in [-0.25, -0.2) is 8.42 Å². The molecule has 1 amide bonds. The van der Waals surface area contributed by atoms with Crippen molar-refractivity contribution in [2.45, 2.75) is 76.2 Å². The van der Waals surface area contributed by atoms with Gasteiger partial charge in [-0.3, -0.25) is 4.79 Å². The monoisotopic (exact) mass is 430 g/mol. The summed E-state index contributed by atoms with van der Waals surface area (Å²) < 4.78 is 27.9. The molecule has 6 rings (SSSR count). The van der Waals surface area contributed by atoms with E-state index in [2.05, 4.69) is 5.32 Å². The molecule has 1 aromatic rings. The van der Waals surface area contributed by atoms with E-state index in [1.807, 2.05) is 26.0 Å². The predicted molar refractivity (Wildman–Crippen MR) is 116 cm³/mol. The highest BCUT2D eigenvalue weighted by Gasteiger charge is 2.54. The lowest BCUT2D eigenvalue weighted by atomic mass is 9.49. The first-order valence-corrected chi connectivity index (χ1v) is 13.1. The predicted octanol–water partition coefficient (Wildman–Crippen LogP) is 3.79. The molecule has 1 N–H and O–H groups in total. The number of nitrogens with zero attached hydrogens (tertiary/aromatic N) is 1. The lowest BCUT2D eigenvalue weighted by molar-refractivity contribution is -0.147. The van der Waals surface area contributed by atoms with Gasteiger partial charge in [0, 0.05) is 24.5 Å². The maximum absolute atomic E-state index is 13.3. The molecule has 4 aliphatic carbocycles. The standard InChI is InChI=1S/C24H34N2O3S/c1-16-3-4-17(2)22(9-16)30(28,29)26-7-5-21(6-8-26)25-23(27)24-13-18-10-19(14-24)12-20(11-18)15-24/h3-4,9,18-21H,5-8,10-15H2,1-2H3,(H,25,27). The fourth-order valence-electron chi connectivity index (χ4n) is 7.09. The van der Waals surface area contributed by atoms with Gasteiger partial charge in [-0.1, -0.05) is 12.1 Å². The number of hydrogen-bond donors (Lipinski definition) is 1. The third kappa shape index (κ3) is 3.50. The van der Waals surface area contributed by atoms with E-state index in [9.17, 15) is 13.2 Å². The van der Waals surface area contributed by atoms with Crippen LogP contribution in [0, 0.1) is 37.0 Å². The van der Waals surface area contributed by atoms with Crippen molar-refractivity contribution in [2.75, 3.05) is 13.1 Å². The molecule has 0 spiro atoms. The molecule has 5 nitrogen and oxygen atoms in total. The van der Waals surface area contributed by atoms with Gasteiger partial charge in [0.1, 0.15) is 0 Å². The fourth-order valence-corrected chi connectivity index (χ4v) is 8.87. The van der Waals surface area contributed by atoms with E-state index in [1.54, 1.807) is 10.4 Å². The van der Waals surface area contributed by atoms with E-state index in [0.29, 0.717) is 30.8 Å². The van der Waals surface area contributed by atoms with Crippen molar-refractivity contribution in [3.05, 3.63) is 29.3 Å². The Morgan fingerprint density at radius 1 is 1.00 bits per heavy atom. The number of hydrogen-bond acceptors (Lipinski definition) is 3. The molecule has 0 atom stereocenters. The molecule has 30 heavy (non-hydrogen) atoms. The van der Waals surface area contributed by atoms with Crippen molar-refractivity contribution in [3.63, 3.8) is 0 Å². The zero-order chi connectivity index (χ0) is 21.1. The Kier molecular flexibility index (Phi) is 5.01. The number of rotatable bonds is 4. The first-order valence-electron chi connectivity index (χ1n) is 11.6. The number of nitrogens with one attached hydrogen (secondary N) is 1. The van der Waals surface area contributed by atoms with Crippen LogP contribution in [0.15, 0.2) is 23.1 Å². The Morgan fingerprint density at radius 3 is 2.13 bits per heavy atom. The molecular weight excluding hydrogens is 396 g/mol. The molecule has 4 saturated carbocycles. The molecule has 6 heteroatoms. The molecule has 5 aliphatic rings. The Labute approximate surface area is 180 Å². The summed E-state index contributed by atoms with van der Waals surface area (Å²) in [6.07, 6.45) is 8.62. The summed E-state index contributed by atoms with van der Waals surface area (Å²) in [6.45, 7) is 4.72. The van der Waals surface area contributed by atoms with E-state index in [1.165, 1.54) is 19.3 Å². The second-order valence-electron chi connectivity index (χ2n) is 10.6. The number of piperidine rings is 1. The number of sulfonamides is 1. The largest absolute Gasteiger partial charge is 0.353 e. The normalized spacial score (nSPS) is 34.3. The number of aryl methyl sites for hydroxylation is 2. The number of benzene rings is 1. The quantitative estimate of drug-likeness (QED) is 0.790. The van der Waals surface area contributed by atoms with Crippen molar-refractivity contribution < 1.29 is 13.2 Å². The number of carbonyl (C=O) groups excluding carboxylic acids is 1. The second-order valence-corrected chi connectivity index (χ2v) is 12.5. The van der Waals surface area contributed by atoms with Crippen molar-refractivity contribution >= 4 is 15.9 Å². The smallest absolute Gasteiger partial charge is 0.243 e. The lowest BCUT2D eigenvalue weighted by Crippen LogP contribution is -2.56. The molecule has 164 valence electrons. The van der Waals surface area contributed by atoms with Gasteiger partial charge < -0.3 is 5.32 Å². The summed E-state index contributed by atoms with van der Waals surface area (Å²) in [5.41, 5.74) is 1.62. The van der Waals surface area contributed by atoms with Crippen LogP contribution < -0.4 is 5.32 Å². The van der Waals surface area contributed by atoms with Gasteiger partial charge in [0.05, 0.1) is 4.90 Å². The summed E-state index contributed by atoms with van der Waals surface area (Å²) in [6, 6.07) is 5.68. The number of carbonyl (C=O) groups is 1. The molecule has 0 unspecified atom stereocenters. The fraction of sp³-hybridized carbons (Fsp3) is 0.708. The Balaban J connectivity index is 1.22. The average Bonchev–Trinajstić information content (AvgIpc) is 2.69. The van der Waals surface area contributed by atoms with Gasteiger partial charge in [-0.15, -0.1) is 0 Å². The molecule has 0 radical (unpaired) electrons. The van der Waals surface area contributed by atoms with E-state index in [4.69, 9.17) is 0 Å². The summed E-state index contributed by atoms with van der Waals surface area (Å²) in [5.74, 6) is 2.53. The zero-order valence-corrected chi connectivity index (χ0v) is 19.0. The van der Waals surface area contributed by atoms with Crippen LogP contribution in [-0.2, 0) is 14.8 Å².